The van der Waals surface area contributed by atoms with E-state index in [1.807, 2.05) is 54.6 Å². The summed E-state index contributed by atoms with van der Waals surface area (Å²) in [6, 6.07) is 25.3. The molecule has 170 valence electrons. The van der Waals surface area contributed by atoms with Crippen LogP contribution in [0.1, 0.15) is 30.9 Å². The molecule has 6 heteroatoms. The van der Waals surface area contributed by atoms with Crippen molar-refractivity contribution in [3.63, 3.8) is 0 Å². The Hall–Kier alpha value is -3.80. The Kier molecular flexibility index (Phi) is 6.36. The van der Waals surface area contributed by atoms with Crippen LogP contribution in [0.3, 0.4) is 0 Å². The van der Waals surface area contributed by atoms with Crippen molar-refractivity contribution >= 4 is 12.1 Å². The molecular weight excluding hydrogens is 418 g/mol. The number of aliphatic carboxylic acids is 1. The number of fused-ring (bicyclic) bond motifs is 3. The van der Waals surface area contributed by atoms with Crippen molar-refractivity contribution in [3.05, 3.63) is 90.0 Å². The molecule has 3 aromatic carbocycles. The van der Waals surface area contributed by atoms with Crippen molar-refractivity contribution in [2.45, 2.75) is 25.3 Å². The lowest BCUT2D eigenvalue weighted by Crippen LogP contribution is -2.54. The van der Waals surface area contributed by atoms with Crippen molar-refractivity contribution in [1.82, 2.24) is 4.90 Å². The van der Waals surface area contributed by atoms with Crippen molar-refractivity contribution in [3.8, 4) is 16.9 Å². The first-order valence-corrected chi connectivity index (χ1v) is 10.9. The van der Waals surface area contributed by atoms with Crippen LogP contribution in [0.4, 0.5) is 4.79 Å². The minimum absolute atomic E-state index is 0.0743. The average molecular weight is 446 g/mol. The van der Waals surface area contributed by atoms with Gasteiger partial charge in [0.05, 0.1) is 6.54 Å². The Bertz CT molecular complexity index is 1100. The maximum absolute atomic E-state index is 13.1. The summed E-state index contributed by atoms with van der Waals surface area (Å²) in [4.78, 5) is 26.2. The second-order valence-electron chi connectivity index (χ2n) is 8.48. The minimum Gasteiger partial charge on any atom is -0.492 e. The summed E-state index contributed by atoms with van der Waals surface area (Å²) in [6.45, 7) is 3.31. The van der Waals surface area contributed by atoms with Crippen LogP contribution < -0.4 is 4.74 Å². The monoisotopic (exact) mass is 445 g/mol. The number of hydrogen-bond acceptors (Lipinski definition) is 4. The molecule has 0 saturated carbocycles. The standard InChI is InChI=1S/C27H27NO5/c1-27(2,25(29)30)28(16-17-32-19-10-4-3-5-11-19)26(31)33-18-24-22-14-8-6-12-20(22)21-13-7-9-15-23(21)24/h3-15,24H,16-18H2,1-2H3,(H,29,30). The normalized spacial score (nSPS) is 12.5. The summed E-state index contributed by atoms with van der Waals surface area (Å²) < 4.78 is 11.4. The molecule has 0 heterocycles. The maximum Gasteiger partial charge on any atom is 0.410 e. The number of carbonyl (C=O) groups is 2. The fourth-order valence-electron chi connectivity index (χ4n) is 4.16. The van der Waals surface area contributed by atoms with E-state index >= 15 is 0 Å². The topological polar surface area (TPSA) is 76.1 Å². The zero-order chi connectivity index (χ0) is 23.4. The molecule has 0 radical (unpaired) electrons. The van der Waals surface area contributed by atoms with Crippen LogP contribution in [-0.4, -0.2) is 47.4 Å². The van der Waals surface area contributed by atoms with Gasteiger partial charge < -0.3 is 14.6 Å². The highest BCUT2D eigenvalue weighted by atomic mass is 16.6. The maximum atomic E-state index is 13.1. The number of amides is 1. The second-order valence-corrected chi connectivity index (χ2v) is 8.48. The molecule has 1 aliphatic rings. The van der Waals surface area contributed by atoms with Crippen LogP contribution >= 0.6 is 0 Å². The summed E-state index contributed by atoms with van der Waals surface area (Å²) in [7, 11) is 0. The number of carbonyl (C=O) groups excluding carboxylic acids is 1. The summed E-state index contributed by atoms with van der Waals surface area (Å²) in [5.41, 5.74) is 3.01. The van der Waals surface area contributed by atoms with E-state index in [9.17, 15) is 14.7 Å². The Labute approximate surface area is 193 Å². The van der Waals surface area contributed by atoms with E-state index in [1.165, 1.54) is 18.7 Å². The molecule has 6 nitrogen and oxygen atoms in total. The molecule has 1 amide bonds. The molecule has 33 heavy (non-hydrogen) atoms. The summed E-state index contributed by atoms with van der Waals surface area (Å²) in [6.07, 6.45) is -0.680. The van der Waals surface area contributed by atoms with Gasteiger partial charge in [-0.15, -0.1) is 0 Å². The van der Waals surface area contributed by atoms with Crippen LogP contribution in [0.5, 0.6) is 5.75 Å². The third-order valence-corrected chi connectivity index (χ3v) is 6.08. The lowest BCUT2D eigenvalue weighted by Gasteiger charge is -2.34. The number of hydrogen-bond donors (Lipinski definition) is 1. The third kappa shape index (κ3) is 4.55. The van der Waals surface area contributed by atoms with Crippen molar-refractivity contribution in [2.24, 2.45) is 0 Å². The first-order chi connectivity index (χ1) is 15.9. The molecule has 0 aromatic heterocycles. The van der Waals surface area contributed by atoms with E-state index in [1.54, 1.807) is 12.1 Å². The molecule has 0 aliphatic heterocycles. The number of para-hydroxylation sites is 1. The average Bonchev–Trinajstić information content (AvgIpc) is 3.14. The van der Waals surface area contributed by atoms with Crippen molar-refractivity contribution in [2.75, 3.05) is 19.8 Å². The van der Waals surface area contributed by atoms with E-state index in [-0.39, 0.29) is 25.7 Å². The van der Waals surface area contributed by atoms with Gasteiger partial charge in [-0.25, -0.2) is 9.59 Å². The zero-order valence-corrected chi connectivity index (χ0v) is 18.7. The molecule has 3 aromatic rings. The van der Waals surface area contributed by atoms with Gasteiger partial charge in [0.25, 0.3) is 0 Å². The van der Waals surface area contributed by atoms with E-state index < -0.39 is 17.6 Å². The highest BCUT2D eigenvalue weighted by molar-refractivity contribution is 5.84. The van der Waals surface area contributed by atoms with Gasteiger partial charge in [0.1, 0.15) is 24.5 Å². The molecule has 0 bridgehead atoms. The molecule has 0 saturated heterocycles. The fraction of sp³-hybridized carbons (Fsp3) is 0.259. The van der Waals surface area contributed by atoms with E-state index in [0.717, 1.165) is 22.3 Å². The fourth-order valence-corrected chi connectivity index (χ4v) is 4.16. The molecule has 4 rings (SSSR count). The van der Waals surface area contributed by atoms with Crippen LogP contribution in [0.25, 0.3) is 11.1 Å². The minimum atomic E-state index is -1.46. The number of carboxylic acids is 1. The molecule has 1 N–H and O–H groups in total. The number of nitrogens with zero attached hydrogens (tertiary/aromatic N) is 1. The van der Waals surface area contributed by atoms with Gasteiger partial charge >= 0.3 is 12.1 Å². The van der Waals surface area contributed by atoms with E-state index in [2.05, 4.69) is 12.1 Å². The van der Waals surface area contributed by atoms with Gasteiger partial charge in [0.2, 0.25) is 0 Å². The van der Waals surface area contributed by atoms with Gasteiger partial charge in [-0.1, -0.05) is 66.7 Å². The van der Waals surface area contributed by atoms with Crippen LogP contribution in [0.2, 0.25) is 0 Å². The second kappa shape index (κ2) is 9.36. The highest BCUT2D eigenvalue weighted by Crippen LogP contribution is 2.44. The quantitative estimate of drug-likeness (QED) is 0.517. The lowest BCUT2D eigenvalue weighted by molar-refractivity contribution is -0.148. The Morgan fingerprint density at radius 3 is 2.00 bits per heavy atom. The largest absolute Gasteiger partial charge is 0.492 e. The van der Waals surface area contributed by atoms with Gasteiger partial charge in [0.15, 0.2) is 0 Å². The van der Waals surface area contributed by atoms with Crippen molar-refractivity contribution in [1.29, 1.82) is 0 Å². The first kappa shape index (κ1) is 22.4. The molecule has 0 spiro atoms. The van der Waals surface area contributed by atoms with Gasteiger partial charge in [-0.05, 0) is 48.2 Å². The summed E-state index contributed by atoms with van der Waals surface area (Å²) in [5.74, 6) is -0.564. The van der Waals surface area contributed by atoms with Gasteiger partial charge in [-0.3, -0.25) is 4.90 Å². The smallest absolute Gasteiger partial charge is 0.410 e. The van der Waals surface area contributed by atoms with E-state index in [0.29, 0.717) is 5.75 Å². The van der Waals surface area contributed by atoms with E-state index in [4.69, 9.17) is 9.47 Å². The van der Waals surface area contributed by atoms with Gasteiger partial charge in [-0.2, -0.15) is 0 Å². The van der Waals surface area contributed by atoms with Crippen LogP contribution in [-0.2, 0) is 9.53 Å². The molecule has 0 atom stereocenters. The predicted molar refractivity (Wildman–Crippen MR) is 125 cm³/mol. The van der Waals surface area contributed by atoms with Crippen LogP contribution in [0.15, 0.2) is 78.9 Å². The number of rotatable bonds is 8. The highest BCUT2D eigenvalue weighted by Gasteiger charge is 2.39. The summed E-state index contributed by atoms with van der Waals surface area (Å²) >= 11 is 0. The Morgan fingerprint density at radius 2 is 1.42 bits per heavy atom. The Morgan fingerprint density at radius 1 is 0.879 bits per heavy atom. The number of benzene rings is 3. The molecule has 0 fully saturated rings. The molecule has 1 aliphatic carbocycles. The predicted octanol–water partition coefficient (Wildman–Crippen LogP) is 5.18. The number of carboxylic acid groups (broad SMARTS) is 1. The van der Waals surface area contributed by atoms with Crippen LogP contribution in [0, 0.1) is 0 Å². The lowest BCUT2D eigenvalue weighted by atomic mass is 9.98. The Balaban J connectivity index is 1.48. The van der Waals surface area contributed by atoms with Gasteiger partial charge in [0, 0.05) is 5.92 Å². The summed E-state index contributed by atoms with van der Waals surface area (Å²) in [5, 5.41) is 9.73. The molecule has 0 unspecified atom stereocenters. The number of ether oxygens (including phenoxy) is 2. The SMILES string of the molecule is CC(C)(C(=O)O)N(CCOc1ccccc1)C(=O)OCC1c2ccccc2-c2ccccc21. The zero-order valence-electron chi connectivity index (χ0n) is 18.7. The first-order valence-electron chi connectivity index (χ1n) is 10.9. The molecular formula is C27H27NO5. The third-order valence-electron chi connectivity index (χ3n) is 6.08. The van der Waals surface area contributed by atoms with Crippen molar-refractivity contribution < 1.29 is 24.2 Å².